The number of aromatic nitrogens is 2. The number of nitrogens with zero attached hydrogens (tertiary/aromatic N) is 3. The Labute approximate surface area is 218 Å². The minimum Gasteiger partial charge on any atom is -0.378 e. The number of amides is 1. The van der Waals surface area contributed by atoms with Crippen LogP contribution in [-0.2, 0) is 10.9 Å². The molecule has 1 aliphatic carbocycles. The molecule has 10 heteroatoms. The van der Waals surface area contributed by atoms with Gasteiger partial charge in [0.2, 0.25) is 0 Å². The maximum absolute atomic E-state index is 13.1. The van der Waals surface area contributed by atoms with Crippen molar-refractivity contribution in [1.82, 2.24) is 9.97 Å². The van der Waals surface area contributed by atoms with Crippen molar-refractivity contribution in [2.75, 3.05) is 36.5 Å². The van der Waals surface area contributed by atoms with Crippen LogP contribution < -0.4 is 10.2 Å². The number of halogens is 3. The Kier molecular flexibility index (Phi) is 7.40. The molecule has 5 rings (SSSR count). The molecule has 3 aromatic rings. The number of hydrogen-bond acceptors (Lipinski definition) is 6. The summed E-state index contributed by atoms with van der Waals surface area (Å²) in [6.07, 6.45) is 0.0558. The maximum Gasteiger partial charge on any atom is 0.433 e. The third kappa shape index (κ3) is 5.75. The fourth-order valence-corrected chi connectivity index (χ4v) is 6.42. The molecule has 2 aromatic heterocycles. The number of thiazole rings is 1. The van der Waals surface area contributed by atoms with Gasteiger partial charge in [-0.3, -0.25) is 4.79 Å². The average Bonchev–Trinajstić information content (AvgIpc) is 3.31. The van der Waals surface area contributed by atoms with Crippen LogP contribution in [0.3, 0.4) is 0 Å². The summed E-state index contributed by atoms with van der Waals surface area (Å²) in [6.45, 7) is 6.99. The summed E-state index contributed by atoms with van der Waals surface area (Å²) >= 11 is 1.64. The zero-order valence-corrected chi connectivity index (χ0v) is 21.8. The van der Waals surface area contributed by atoms with E-state index in [0.717, 1.165) is 45.7 Å². The van der Waals surface area contributed by atoms with Gasteiger partial charge in [-0.05, 0) is 61.8 Å². The summed E-state index contributed by atoms with van der Waals surface area (Å²) in [5, 5.41) is 3.95. The predicted octanol–water partition coefficient (Wildman–Crippen LogP) is 6.73. The number of anilines is 2. The molecule has 1 saturated heterocycles. The maximum atomic E-state index is 13.1. The molecule has 3 heterocycles. The van der Waals surface area contributed by atoms with E-state index < -0.39 is 17.8 Å². The van der Waals surface area contributed by atoms with Crippen LogP contribution in [-0.4, -0.2) is 42.2 Å². The third-order valence-corrected chi connectivity index (χ3v) is 8.64. The van der Waals surface area contributed by atoms with Crippen LogP contribution in [0, 0.1) is 11.8 Å². The number of benzene rings is 1. The molecule has 1 amide bonds. The predicted molar refractivity (Wildman–Crippen MR) is 139 cm³/mol. The fourth-order valence-electron chi connectivity index (χ4n) is 5.26. The zero-order chi connectivity index (χ0) is 26.2. The molecule has 37 heavy (non-hydrogen) atoms. The van der Waals surface area contributed by atoms with Crippen LogP contribution in [0.2, 0.25) is 0 Å². The molecule has 1 saturated carbocycles. The van der Waals surface area contributed by atoms with Gasteiger partial charge in [0, 0.05) is 19.0 Å². The molecule has 0 atom stereocenters. The van der Waals surface area contributed by atoms with E-state index in [-0.39, 0.29) is 5.69 Å². The summed E-state index contributed by atoms with van der Waals surface area (Å²) in [6, 6.07) is 7.22. The SMILES string of the molecule is CC(C)C1CCC(c2nc3cc(N4CCOCC4)c(NC(=O)c4cccc(C(F)(F)F)n4)cc3s2)CC1. The quantitative estimate of drug-likeness (QED) is 0.395. The summed E-state index contributed by atoms with van der Waals surface area (Å²) in [4.78, 5) is 23.7. The number of hydrogen-bond donors (Lipinski definition) is 1. The van der Waals surface area contributed by atoms with E-state index in [1.165, 1.54) is 25.0 Å². The van der Waals surface area contributed by atoms with Crippen molar-refractivity contribution in [2.45, 2.75) is 51.6 Å². The Bertz CT molecular complexity index is 1260. The van der Waals surface area contributed by atoms with Gasteiger partial charge in [-0.1, -0.05) is 19.9 Å². The monoisotopic (exact) mass is 532 g/mol. The first-order valence-electron chi connectivity index (χ1n) is 12.8. The van der Waals surface area contributed by atoms with E-state index in [1.807, 2.05) is 12.1 Å². The van der Waals surface area contributed by atoms with E-state index in [1.54, 1.807) is 11.3 Å². The first kappa shape index (κ1) is 25.9. The summed E-state index contributed by atoms with van der Waals surface area (Å²) in [5.74, 6) is 1.22. The van der Waals surface area contributed by atoms with Crippen molar-refractivity contribution in [1.29, 1.82) is 0 Å². The van der Waals surface area contributed by atoms with Crippen LogP contribution in [0.25, 0.3) is 10.2 Å². The van der Waals surface area contributed by atoms with Crippen molar-refractivity contribution >= 4 is 38.8 Å². The molecule has 0 radical (unpaired) electrons. The highest BCUT2D eigenvalue weighted by atomic mass is 32.1. The number of carbonyl (C=O) groups excluding carboxylic acids is 1. The lowest BCUT2D eigenvalue weighted by Gasteiger charge is -2.30. The van der Waals surface area contributed by atoms with E-state index >= 15 is 0 Å². The summed E-state index contributed by atoms with van der Waals surface area (Å²) in [5.41, 5.74) is 0.828. The molecule has 0 unspecified atom stereocenters. The van der Waals surface area contributed by atoms with E-state index in [4.69, 9.17) is 9.72 Å². The Morgan fingerprint density at radius 3 is 2.51 bits per heavy atom. The van der Waals surface area contributed by atoms with Gasteiger partial charge in [-0.2, -0.15) is 13.2 Å². The zero-order valence-electron chi connectivity index (χ0n) is 21.0. The first-order chi connectivity index (χ1) is 17.7. The number of alkyl halides is 3. The minimum atomic E-state index is -4.62. The molecule has 2 aliphatic rings. The Morgan fingerprint density at radius 2 is 1.84 bits per heavy atom. The van der Waals surface area contributed by atoms with Crippen molar-refractivity contribution in [2.24, 2.45) is 11.8 Å². The number of pyridine rings is 1. The lowest BCUT2D eigenvalue weighted by Crippen LogP contribution is -2.36. The van der Waals surface area contributed by atoms with Crippen molar-refractivity contribution in [3.63, 3.8) is 0 Å². The van der Waals surface area contributed by atoms with Crippen LogP contribution >= 0.6 is 11.3 Å². The number of carbonyl (C=O) groups is 1. The Balaban J connectivity index is 1.45. The number of fused-ring (bicyclic) bond motifs is 1. The Morgan fingerprint density at radius 1 is 1.11 bits per heavy atom. The number of rotatable bonds is 5. The highest BCUT2D eigenvalue weighted by molar-refractivity contribution is 7.18. The lowest BCUT2D eigenvalue weighted by molar-refractivity contribution is -0.141. The first-order valence-corrected chi connectivity index (χ1v) is 13.6. The van der Waals surface area contributed by atoms with Gasteiger partial charge in [-0.25, -0.2) is 9.97 Å². The largest absolute Gasteiger partial charge is 0.433 e. The van der Waals surface area contributed by atoms with Gasteiger partial charge in [0.1, 0.15) is 11.4 Å². The topological polar surface area (TPSA) is 67.3 Å². The van der Waals surface area contributed by atoms with Crippen LogP contribution in [0.1, 0.15) is 66.6 Å². The molecular weight excluding hydrogens is 501 g/mol. The van der Waals surface area contributed by atoms with Crippen molar-refractivity contribution in [3.05, 3.63) is 46.7 Å². The molecule has 198 valence electrons. The second kappa shape index (κ2) is 10.6. The second-order valence-corrected chi connectivity index (χ2v) is 11.3. The van der Waals surface area contributed by atoms with Gasteiger partial charge in [0.25, 0.3) is 5.91 Å². The molecule has 0 spiro atoms. The van der Waals surface area contributed by atoms with Gasteiger partial charge in [-0.15, -0.1) is 11.3 Å². The van der Waals surface area contributed by atoms with Crippen molar-refractivity contribution < 1.29 is 22.7 Å². The smallest absolute Gasteiger partial charge is 0.378 e. The summed E-state index contributed by atoms with van der Waals surface area (Å²) in [7, 11) is 0. The highest BCUT2D eigenvalue weighted by Gasteiger charge is 2.33. The lowest BCUT2D eigenvalue weighted by atomic mass is 9.77. The molecule has 1 aliphatic heterocycles. The molecule has 1 aromatic carbocycles. The average molecular weight is 533 g/mol. The van der Waals surface area contributed by atoms with Gasteiger partial charge < -0.3 is 15.0 Å². The van der Waals surface area contributed by atoms with Crippen LogP contribution in [0.15, 0.2) is 30.3 Å². The highest BCUT2D eigenvalue weighted by Crippen LogP contribution is 2.42. The third-order valence-electron chi connectivity index (χ3n) is 7.46. The van der Waals surface area contributed by atoms with Gasteiger partial charge >= 0.3 is 6.18 Å². The number of morpholine rings is 1. The second-order valence-electron chi connectivity index (χ2n) is 10.2. The number of ether oxygens (including phenoxy) is 1. The van der Waals surface area contributed by atoms with Gasteiger partial charge in [0.05, 0.1) is 39.8 Å². The molecular formula is C27H31F3N4O2S. The van der Waals surface area contributed by atoms with Crippen LogP contribution in [0.5, 0.6) is 0 Å². The molecule has 1 N–H and O–H groups in total. The molecule has 0 bridgehead atoms. The van der Waals surface area contributed by atoms with E-state index in [9.17, 15) is 18.0 Å². The fraction of sp³-hybridized carbons (Fsp3) is 0.519. The minimum absolute atomic E-state index is 0.283. The standard InChI is InChI=1S/C27H31F3N4O2S/c1-16(2)17-6-8-18(9-7-17)26-33-21-14-22(34-10-12-36-13-11-34)20(15-23(21)37-26)32-25(35)19-4-3-5-24(31-19)27(28,29)30/h3-5,14-18H,6-13H2,1-2H3,(H,32,35). The molecule has 6 nitrogen and oxygen atoms in total. The normalized spacial score (nSPS) is 21.0. The van der Waals surface area contributed by atoms with E-state index in [2.05, 4.69) is 29.0 Å². The van der Waals surface area contributed by atoms with E-state index in [0.29, 0.717) is 43.8 Å². The van der Waals surface area contributed by atoms with Crippen molar-refractivity contribution in [3.8, 4) is 0 Å². The van der Waals surface area contributed by atoms with Crippen LogP contribution in [0.4, 0.5) is 24.5 Å². The van der Waals surface area contributed by atoms with Gasteiger partial charge in [0.15, 0.2) is 0 Å². The number of nitrogens with one attached hydrogen (secondary N) is 1. The summed E-state index contributed by atoms with van der Waals surface area (Å²) < 4.78 is 45.9. The Hall–Kier alpha value is -2.72. The molecule has 2 fully saturated rings.